The van der Waals surface area contributed by atoms with Crippen LogP contribution in [0.2, 0.25) is 5.02 Å². The molecule has 0 aliphatic carbocycles. The van der Waals surface area contributed by atoms with Crippen molar-refractivity contribution in [1.29, 1.82) is 0 Å². The van der Waals surface area contributed by atoms with E-state index in [1.165, 1.54) is 6.07 Å². The van der Waals surface area contributed by atoms with E-state index in [4.69, 9.17) is 22.1 Å². The Morgan fingerprint density at radius 2 is 2.22 bits per heavy atom. The second kappa shape index (κ2) is 5.10. The van der Waals surface area contributed by atoms with E-state index in [1.807, 2.05) is 0 Å². The summed E-state index contributed by atoms with van der Waals surface area (Å²) in [6.07, 6.45) is -0.789. The first-order valence-corrected chi connectivity index (χ1v) is 7.05. The molecule has 0 spiro atoms. The van der Waals surface area contributed by atoms with Crippen molar-refractivity contribution in [3.63, 3.8) is 0 Å². The molecule has 1 aromatic carbocycles. The summed E-state index contributed by atoms with van der Waals surface area (Å²) in [5.41, 5.74) is 5.68. The summed E-state index contributed by atoms with van der Waals surface area (Å²) >= 11 is 5.80. The second-order valence-electron chi connectivity index (χ2n) is 3.83. The molecule has 18 heavy (non-hydrogen) atoms. The number of hydrogen-bond donors (Lipinski definition) is 1. The molecule has 2 rings (SSSR count). The van der Waals surface area contributed by atoms with Gasteiger partial charge in [-0.3, -0.25) is 0 Å². The fourth-order valence-electron chi connectivity index (χ4n) is 1.71. The zero-order valence-electron chi connectivity index (χ0n) is 9.34. The summed E-state index contributed by atoms with van der Waals surface area (Å²) in [5, 5.41) is -0.0323. The Bertz CT molecular complexity index is 552. The Kier molecular flexibility index (Phi) is 3.88. The minimum Gasteiger partial charge on any atom is -0.377 e. The summed E-state index contributed by atoms with van der Waals surface area (Å²) in [5.74, 6) is -0.667. The van der Waals surface area contributed by atoms with E-state index in [1.54, 1.807) is 0 Å². The van der Waals surface area contributed by atoms with E-state index in [2.05, 4.69) is 0 Å². The van der Waals surface area contributed by atoms with Gasteiger partial charge in [0.15, 0.2) is 0 Å². The molecule has 100 valence electrons. The highest BCUT2D eigenvalue weighted by Gasteiger charge is 2.33. The number of nitrogens with zero attached hydrogens (tertiary/aromatic N) is 1. The smallest absolute Gasteiger partial charge is 0.246 e. The summed E-state index contributed by atoms with van der Waals surface area (Å²) < 4.78 is 43.9. The Morgan fingerprint density at radius 1 is 1.50 bits per heavy atom. The first-order valence-electron chi connectivity index (χ1n) is 5.23. The molecule has 0 radical (unpaired) electrons. The van der Waals surface area contributed by atoms with Crippen LogP contribution in [0.4, 0.5) is 4.39 Å². The third-order valence-electron chi connectivity index (χ3n) is 2.59. The predicted molar refractivity (Wildman–Crippen MR) is 64.1 cm³/mol. The highest BCUT2D eigenvalue weighted by atomic mass is 35.5. The summed E-state index contributed by atoms with van der Waals surface area (Å²) in [4.78, 5) is -0.276. The van der Waals surface area contributed by atoms with E-state index in [0.717, 1.165) is 16.4 Å². The molecule has 5 nitrogen and oxygen atoms in total. The summed E-state index contributed by atoms with van der Waals surface area (Å²) in [6.45, 7) is 0.475. The van der Waals surface area contributed by atoms with E-state index < -0.39 is 22.0 Å². The molecule has 8 heteroatoms. The van der Waals surface area contributed by atoms with Crippen LogP contribution >= 0.6 is 11.6 Å². The number of morpholine rings is 1. The number of rotatable bonds is 2. The lowest BCUT2D eigenvalue weighted by atomic mass is 10.3. The van der Waals surface area contributed by atoms with Crippen LogP contribution in [0.5, 0.6) is 0 Å². The lowest BCUT2D eigenvalue weighted by Crippen LogP contribution is -2.53. The molecule has 1 heterocycles. The average molecular weight is 295 g/mol. The van der Waals surface area contributed by atoms with Crippen LogP contribution in [-0.4, -0.2) is 38.6 Å². The first-order chi connectivity index (χ1) is 8.43. The van der Waals surface area contributed by atoms with Crippen LogP contribution in [0.15, 0.2) is 23.1 Å². The topological polar surface area (TPSA) is 72.6 Å². The van der Waals surface area contributed by atoms with Gasteiger partial charge in [0.05, 0.1) is 24.4 Å². The standard InChI is InChI=1S/C10H12ClFN2O3S/c11-8-2-1-7(12)5-9(8)18(15,16)14-3-4-17-6-10(14)13/h1-2,5,10H,3-4,6,13H2. The SMILES string of the molecule is NC1COCCN1S(=O)(=O)c1cc(F)ccc1Cl. The van der Waals surface area contributed by atoms with Gasteiger partial charge in [-0.05, 0) is 18.2 Å². The molecule has 0 bridgehead atoms. The molecule has 1 atom stereocenters. The van der Waals surface area contributed by atoms with Crippen molar-refractivity contribution in [1.82, 2.24) is 4.31 Å². The second-order valence-corrected chi connectivity index (χ2v) is 6.10. The van der Waals surface area contributed by atoms with Crippen LogP contribution < -0.4 is 5.73 Å². The van der Waals surface area contributed by atoms with Crippen molar-refractivity contribution in [3.05, 3.63) is 29.0 Å². The normalized spacial score (nSPS) is 22.1. The van der Waals surface area contributed by atoms with Gasteiger partial charge in [-0.25, -0.2) is 12.8 Å². The van der Waals surface area contributed by atoms with Gasteiger partial charge in [0.25, 0.3) is 0 Å². The fraction of sp³-hybridized carbons (Fsp3) is 0.400. The molecule has 1 aliphatic rings. The predicted octanol–water partition coefficient (Wildman–Crippen LogP) is 0.785. The number of ether oxygens (including phenoxy) is 1. The lowest BCUT2D eigenvalue weighted by Gasteiger charge is -2.32. The van der Waals surface area contributed by atoms with Crippen molar-refractivity contribution in [3.8, 4) is 0 Å². The van der Waals surface area contributed by atoms with E-state index in [0.29, 0.717) is 0 Å². The number of halogens is 2. The minimum absolute atomic E-state index is 0.0323. The van der Waals surface area contributed by atoms with Gasteiger partial charge in [-0.1, -0.05) is 11.6 Å². The molecule has 1 aliphatic heterocycles. The molecular formula is C10H12ClFN2O3S. The third-order valence-corrected chi connectivity index (χ3v) is 5.00. The number of sulfonamides is 1. The van der Waals surface area contributed by atoms with Crippen molar-refractivity contribution in [2.24, 2.45) is 5.73 Å². The maximum Gasteiger partial charge on any atom is 0.246 e. The molecule has 2 N–H and O–H groups in total. The number of nitrogens with two attached hydrogens (primary N) is 1. The van der Waals surface area contributed by atoms with Gasteiger partial charge in [-0.15, -0.1) is 0 Å². The molecule has 0 aromatic heterocycles. The zero-order chi connectivity index (χ0) is 13.3. The van der Waals surface area contributed by atoms with Crippen molar-refractivity contribution in [2.75, 3.05) is 19.8 Å². The van der Waals surface area contributed by atoms with E-state index >= 15 is 0 Å². The maximum absolute atomic E-state index is 13.1. The van der Waals surface area contributed by atoms with Crippen LogP contribution in [0.25, 0.3) is 0 Å². The molecular weight excluding hydrogens is 283 g/mol. The number of hydrogen-bond acceptors (Lipinski definition) is 4. The Morgan fingerprint density at radius 3 is 2.89 bits per heavy atom. The Labute approximate surface area is 109 Å². The van der Waals surface area contributed by atoms with Gasteiger partial charge >= 0.3 is 0 Å². The highest BCUT2D eigenvalue weighted by molar-refractivity contribution is 7.89. The van der Waals surface area contributed by atoms with Crippen LogP contribution in [0.3, 0.4) is 0 Å². The molecule has 0 amide bonds. The molecule has 1 unspecified atom stereocenters. The average Bonchev–Trinajstić information content (AvgIpc) is 2.32. The van der Waals surface area contributed by atoms with Crippen LogP contribution in [0.1, 0.15) is 0 Å². The maximum atomic E-state index is 13.1. The zero-order valence-corrected chi connectivity index (χ0v) is 10.9. The fourth-order valence-corrected chi connectivity index (χ4v) is 3.68. The molecule has 1 fully saturated rings. The van der Waals surface area contributed by atoms with Gasteiger partial charge in [0, 0.05) is 6.54 Å². The molecule has 1 aromatic rings. The highest BCUT2D eigenvalue weighted by Crippen LogP contribution is 2.26. The minimum atomic E-state index is -3.91. The van der Waals surface area contributed by atoms with Gasteiger partial charge in [0.1, 0.15) is 10.7 Å². The number of benzene rings is 1. The third kappa shape index (κ3) is 2.50. The summed E-state index contributed by atoms with van der Waals surface area (Å²) in [7, 11) is -3.91. The van der Waals surface area contributed by atoms with Crippen molar-refractivity contribution >= 4 is 21.6 Å². The van der Waals surface area contributed by atoms with Crippen LogP contribution in [-0.2, 0) is 14.8 Å². The molecule has 1 saturated heterocycles. The quantitative estimate of drug-likeness (QED) is 0.875. The van der Waals surface area contributed by atoms with Gasteiger partial charge in [-0.2, -0.15) is 4.31 Å². The van der Waals surface area contributed by atoms with Crippen molar-refractivity contribution in [2.45, 2.75) is 11.1 Å². The largest absolute Gasteiger partial charge is 0.377 e. The van der Waals surface area contributed by atoms with Gasteiger partial charge in [0.2, 0.25) is 10.0 Å². The first kappa shape index (κ1) is 13.7. The summed E-state index contributed by atoms with van der Waals surface area (Å²) in [6, 6.07) is 3.19. The Hall–Kier alpha value is -0.730. The molecule has 0 saturated carbocycles. The van der Waals surface area contributed by atoms with E-state index in [-0.39, 0.29) is 29.7 Å². The van der Waals surface area contributed by atoms with Crippen molar-refractivity contribution < 1.29 is 17.5 Å². The van der Waals surface area contributed by atoms with Gasteiger partial charge < -0.3 is 10.5 Å². The lowest BCUT2D eigenvalue weighted by molar-refractivity contribution is 0.0350. The van der Waals surface area contributed by atoms with E-state index in [9.17, 15) is 12.8 Å². The Balaban J connectivity index is 2.44. The monoisotopic (exact) mass is 294 g/mol. The van der Waals surface area contributed by atoms with Crippen LogP contribution in [0, 0.1) is 5.82 Å².